The number of amides is 1. The van der Waals surface area contributed by atoms with Gasteiger partial charge in [-0.2, -0.15) is 0 Å². The Labute approximate surface area is 124 Å². The van der Waals surface area contributed by atoms with Crippen LogP contribution >= 0.6 is 0 Å². The molecule has 6 heteroatoms. The summed E-state index contributed by atoms with van der Waals surface area (Å²) >= 11 is 0. The van der Waals surface area contributed by atoms with Gasteiger partial charge >= 0.3 is 5.97 Å². The molecule has 6 nitrogen and oxygen atoms in total. The Morgan fingerprint density at radius 2 is 2.05 bits per heavy atom. The molecule has 1 amide bonds. The first-order chi connectivity index (χ1) is 9.93. The van der Waals surface area contributed by atoms with E-state index in [1.807, 2.05) is 24.3 Å². The summed E-state index contributed by atoms with van der Waals surface area (Å²) in [6.07, 6.45) is 0. The topological polar surface area (TPSA) is 78.9 Å². The molecule has 0 heterocycles. The number of nitrogens with zero attached hydrogens (tertiary/aromatic N) is 1. The summed E-state index contributed by atoms with van der Waals surface area (Å²) in [5.74, 6) is -0.792. The number of carboxylic acid groups (broad SMARTS) is 1. The fourth-order valence-electron chi connectivity index (χ4n) is 1.95. The highest BCUT2D eigenvalue weighted by molar-refractivity contribution is 5.78. The van der Waals surface area contributed by atoms with Gasteiger partial charge in [-0.1, -0.05) is 25.1 Å². The largest absolute Gasteiger partial charge is 0.496 e. The third-order valence-electron chi connectivity index (χ3n) is 3.09. The zero-order valence-electron chi connectivity index (χ0n) is 12.6. The van der Waals surface area contributed by atoms with Gasteiger partial charge < -0.3 is 15.2 Å². The zero-order valence-corrected chi connectivity index (χ0v) is 12.6. The van der Waals surface area contributed by atoms with Crippen molar-refractivity contribution >= 4 is 11.9 Å². The fourth-order valence-corrected chi connectivity index (χ4v) is 1.95. The zero-order chi connectivity index (χ0) is 15.8. The van der Waals surface area contributed by atoms with Crippen molar-refractivity contribution < 1.29 is 19.4 Å². The summed E-state index contributed by atoms with van der Waals surface area (Å²) < 4.78 is 5.21. The van der Waals surface area contributed by atoms with Crippen LogP contribution in [0.2, 0.25) is 0 Å². The third-order valence-corrected chi connectivity index (χ3v) is 3.09. The number of hydrogen-bond donors (Lipinski definition) is 2. The minimum absolute atomic E-state index is 0.152. The van der Waals surface area contributed by atoms with Crippen LogP contribution in [0.25, 0.3) is 0 Å². The Morgan fingerprint density at radius 3 is 2.67 bits per heavy atom. The number of methoxy groups -OCH3 is 1. The molecular formula is C15H22N2O4. The van der Waals surface area contributed by atoms with Gasteiger partial charge in [0.25, 0.3) is 0 Å². The molecule has 21 heavy (non-hydrogen) atoms. The molecule has 0 bridgehead atoms. The Hall–Kier alpha value is -2.08. The van der Waals surface area contributed by atoms with Crippen molar-refractivity contribution in [1.82, 2.24) is 10.2 Å². The lowest BCUT2D eigenvalue weighted by Gasteiger charge is -2.18. The second kappa shape index (κ2) is 8.26. The highest BCUT2D eigenvalue weighted by Crippen LogP contribution is 2.16. The summed E-state index contributed by atoms with van der Waals surface area (Å²) in [6, 6.07) is 7.47. The van der Waals surface area contributed by atoms with E-state index < -0.39 is 11.9 Å². The highest BCUT2D eigenvalue weighted by Gasteiger charge is 2.15. The van der Waals surface area contributed by atoms with Crippen LogP contribution in [0.15, 0.2) is 24.3 Å². The number of nitrogens with one attached hydrogen (secondary N) is 1. The lowest BCUT2D eigenvalue weighted by molar-refractivity contribution is -0.142. The smallest absolute Gasteiger partial charge is 0.307 e. The predicted octanol–water partition coefficient (Wildman–Crippen LogP) is 0.964. The molecule has 1 aromatic carbocycles. The molecule has 0 saturated carbocycles. The van der Waals surface area contributed by atoms with Gasteiger partial charge in [-0.05, 0) is 13.1 Å². The number of para-hydroxylation sites is 1. The van der Waals surface area contributed by atoms with E-state index in [1.54, 1.807) is 26.0 Å². The summed E-state index contributed by atoms with van der Waals surface area (Å²) in [6.45, 7) is 2.49. The van der Waals surface area contributed by atoms with Crippen molar-refractivity contribution in [3.8, 4) is 5.75 Å². The number of benzene rings is 1. The standard InChI is InChI=1S/C15H22N2O4/c1-11(15(19)20)9-17(2)10-14(18)16-8-12-6-4-5-7-13(12)21-3/h4-7,11H,8-10H2,1-3H3,(H,16,18)(H,19,20). The molecule has 116 valence electrons. The number of carbonyl (C=O) groups is 2. The minimum Gasteiger partial charge on any atom is -0.496 e. The van der Waals surface area contributed by atoms with Gasteiger partial charge in [0, 0.05) is 18.7 Å². The molecular weight excluding hydrogens is 272 g/mol. The minimum atomic E-state index is -0.865. The normalized spacial score (nSPS) is 12.0. The third kappa shape index (κ3) is 5.83. The summed E-state index contributed by atoms with van der Waals surface area (Å²) in [4.78, 5) is 24.3. The molecule has 0 radical (unpaired) electrons. The molecule has 0 saturated heterocycles. The van der Waals surface area contributed by atoms with Crippen molar-refractivity contribution in [1.29, 1.82) is 0 Å². The molecule has 0 aliphatic carbocycles. The van der Waals surface area contributed by atoms with Gasteiger partial charge in [-0.15, -0.1) is 0 Å². The van der Waals surface area contributed by atoms with Gasteiger partial charge in [-0.25, -0.2) is 0 Å². The van der Waals surface area contributed by atoms with Crippen LogP contribution in [0.1, 0.15) is 12.5 Å². The van der Waals surface area contributed by atoms with E-state index in [2.05, 4.69) is 5.32 Å². The molecule has 1 atom stereocenters. The lowest BCUT2D eigenvalue weighted by atomic mass is 10.2. The average Bonchev–Trinajstić information content (AvgIpc) is 2.45. The summed E-state index contributed by atoms with van der Waals surface area (Å²) in [5, 5.41) is 11.6. The predicted molar refractivity (Wildman–Crippen MR) is 79.1 cm³/mol. The molecule has 0 aliphatic rings. The molecule has 0 aliphatic heterocycles. The summed E-state index contributed by atoms with van der Waals surface area (Å²) in [7, 11) is 3.31. The SMILES string of the molecule is COc1ccccc1CNC(=O)CN(C)CC(C)C(=O)O. The Kier molecular flexibility index (Phi) is 6.68. The maximum atomic E-state index is 11.8. The van der Waals surface area contributed by atoms with Gasteiger partial charge in [0.1, 0.15) is 5.75 Å². The highest BCUT2D eigenvalue weighted by atomic mass is 16.5. The maximum Gasteiger partial charge on any atom is 0.307 e. The number of carboxylic acids is 1. The number of aliphatic carboxylic acids is 1. The Bertz CT molecular complexity index is 490. The van der Waals surface area contributed by atoms with Crippen LogP contribution in [-0.4, -0.2) is 49.1 Å². The van der Waals surface area contributed by atoms with Crippen LogP contribution in [0.4, 0.5) is 0 Å². The molecule has 0 fully saturated rings. The van der Waals surface area contributed by atoms with Crippen molar-refractivity contribution in [2.24, 2.45) is 5.92 Å². The van der Waals surface area contributed by atoms with E-state index in [0.29, 0.717) is 13.1 Å². The number of rotatable bonds is 8. The van der Waals surface area contributed by atoms with E-state index in [9.17, 15) is 9.59 Å². The van der Waals surface area contributed by atoms with Crippen LogP contribution in [0, 0.1) is 5.92 Å². The van der Waals surface area contributed by atoms with E-state index >= 15 is 0 Å². The fraction of sp³-hybridized carbons (Fsp3) is 0.467. The first-order valence-corrected chi connectivity index (χ1v) is 6.74. The Balaban J connectivity index is 2.42. The van der Waals surface area contributed by atoms with Crippen molar-refractivity contribution in [2.45, 2.75) is 13.5 Å². The van der Waals surface area contributed by atoms with E-state index in [1.165, 1.54) is 0 Å². The monoisotopic (exact) mass is 294 g/mol. The van der Waals surface area contributed by atoms with Crippen molar-refractivity contribution in [2.75, 3.05) is 27.2 Å². The first kappa shape index (κ1) is 17.0. The lowest BCUT2D eigenvalue weighted by Crippen LogP contribution is -2.38. The van der Waals surface area contributed by atoms with Crippen molar-refractivity contribution in [3.63, 3.8) is 0 Å². The van der Waals surface area contributed by atoms with Crippen LogP contribution in [-0.2, 0) is 16.1 Å². The van der Waals surface area contributed by atoms with Gasteiger partial charge in [0.2, 0.25) is 5.91 Å². The van der Waals surface area contributed by atoms with E-state index in [-0.39, 0.29) is 12.5 Å². The molecule has 1 rings (SSSR count). The van der Waals surface area contributed by atoms with Crippen LogP contribution in [0.3, 0.4) is 0 Å². The number of hydrogen-bond acceptors (Lipinski definition) is 4. The number of likely N-dealkylation sites (N-methyl/N-ethyl adjacent to an activating group) is 1. The molecule has 2 N–H and O–H groups in total. The molecule has 0 spiro atoms. The van der Waals surface area contributed by atoms with E-state index in [0.717, 1.165) is 11.3 Å². The average molecular weight is 294 g/mol. The first-order valence-electron chi connectivity index (χ1n) is 6.74. The van der Waals surface area contributed by atoms with E-state index in [4.69, 9.17) is 9.84 Å². The number of carbonyl (C=O) groups excluding carboxylic acids is 1. The van der Waals surface area contributed by atoms with Crippen LogP contribution < -0.4 is 10.1 Å². The number of ether oxygens (including phenoxy) is 1. The molecule has 1 aromatic rings. The van der Waals surface area contributed by atoms with Crippen LogP contribution in [0.5, 0.6) is 5.75 Å². The van der Waals surface area contributed by atoms with Gasteiger partial charge in [-0.3, -0.25) is 14.5 Å². The molecule has 1 unspecified atom stereocenters. The Morgan fingerprint density at radius 1 is 1.38 bits per heavy atom. The summed E-state index contributed by atoms with van der Waals surface area (Å²) in [5.41, 5.74) is 0.898. The van der Waals surface area contributed by atoms with Gasteiger partial charge in [0.15, 0.2) is 0 Å². The second-order valence-electron chi connectivity index (χ2n) is 5.02. The second-order valence-corrected chi connectivity index (χ2v) is 5.02. The quantitative estimate of drug-likeness (QED) is 0.747. The van der Waals surface area contributed by atoms with Crippen molar-refractivity contribution in [3.05, 3.63) is 29.8 Å². The maximum absolute atomic E-state index is 11.8. The molecule has 0 aromatic heterocycles. The van der Waals surface area contributed by atoms with Gasteiger partial charge in [0.05, 0.1) is 19.6 Å².